The van der Waals surface area contributed by atoms with Crippen molar-refractivity contribution in [2.75, 3.05) is 7.11 Å². The molecule has 0 spiro atoms. The number of benzene rings is 1. The predicted molar refractivity (Wildman–Crippen MR) is 70.9 cm³/mol. The van der Waals surface area contributed by atoms with Crippen LogP contribution in [0, 0.1) is 0 Å². The SMILES string of the molecule is COc1cccc(CC(O)c2cnccc2C(F)(F)F)c1. The summed E-state index contributed by atoms with van der Waals surface area (Å²) in [5, 5.41) is 10.1. The molecule has 1 aromatic carbocycles. The van der Waals surface area contributed by atoms with Crippen LogP contribution < -0.4 is 4.74 Å². The van der Waals surface area contributed by atoms with Crippen molar-refractivity contribution in [3.05, 3.63) is 59.4 Å². The third-order valence-electron chi connectivity index (χ3n) is 3.08. The zero-order valence-corrected chi connectivity index (χ0v) is 11.3. The van der Waals surface area contributed by atoms with Crippen molar-refractivity contribution < 1.29 is 23.0 Å². The van der Waals surface area contributed by atoms with E-state index in [1.54, 1.807) is 24.3 Å². The highest BCUT2D eigenvalue weighted by atomic mass is 19.4. The fourth-order valence-electron chi connectivity index (χ4n) is 2.06. The first-order valence-electron chi connectivity index (χ1n) is 6.24. The maximum atomic E-state index is 12.9. The Morgan fingerprint density at radius 1 is 1.29 bits per heavy atom. The molecule has 0 saturated heterocycles. The van der Waals surface area contributed by atoms with Gasteiger partial charge in [0.2, 0.25) is 0 Å². The molecular weight excluding hydrogens is 283 g/mol. The van der Waals surface area contributed by atoms with Gasteiger partial charge in [0.15, 0.2) is 0 Å². The summed E-state index contributed by atoms with van der Waals surface area (Å²) in [6.07, 6.45) is -3.65. The van der Waals surface area contributed by atoms with Gasteiger partial charge >= 0.3 is 6.18 Å². The van der Waals surface area contributed by atoms with E-state index in [2.05, 4.69) is 4.98 Å². The number of aliphatic hydroxyl groups excluding tert-OH is 1. The molecule has 0 amide bonds. The molecule has 112 valence electrons. The monoisotopic (exact) mass is 297 g/mol. The zero-order valence-electron chi connectivity index (χ0n) is 11.3. The Balaban J connectivity index is 2.26. The van der Waals surface area contributed by atoms with Crippen molar-refractivity contribution >= 4 is 0 Å². The Kier molecular flexibility index (Phi) is 4.47. The quantitative estimate of drug-likeness (QED) is 0.940. The Hall–Kier alpha value is -2.08. The van der Waals surface area contributed by atoms with E-state index in [1.807, 2.05) is 0 Å². The second-order valence-corrected chi connectivity index (χ2v) is 4.53. The largest absolute Gasteiger partial charge is 0.497 e. The van der Waals surface area contributed by atoms with Crippen LogP contribution in [0.15, 0.2) is 42.7 Å². The molecular formula is C15H14F3NO2. The molecule has 1 N–H and O–H groups in total. The van der Waals surface area contributed by atoms with E-state index in [0.29, 0.717) is 11.3 Å². The normalized spacial score (nSPS) is 13.0. The first kappa shape index (κ1) is 15.3. The lowest BCUT2D eigenvalue weighted by molar-refractivity contribution is -0.139. The number of aromatic nitrogens is 1. The average molecular weight is 297 g/mol. The maximum Gasteiger partial charge on any atom is 0.416 e. The van der Waals surface area contributed by atoms with Crippen LogP contribution in [0.4, 0.5) is 13.2 Å². The van der Waals surface area contributed by atoms with Gasteiger partial charge < -0.3 is 9.84 Å². The molecule has 6 heteroatoms. The number of halogens is 3. The highest BCUT2D eigenvalue weighted by molar-refractivity contribution is 5.32. The van der Waals surface area contributed by atoms with Crippen molar-refractivity contribution in [1.82, 2.24) is 4.98 Å². The molecule has 0 aliphatic carbocycles. The van der Waals surface area contributed by atoms with Crippen LogP contribution in [0.5, 0.6) is 5.75 Å². The summed E-state index contributed by atoms with van der Waals surface area (Å²) in [6.45, 7) is 0. The smallest absolute Gasteiger partial charge is 0.416 e. The first-order valence-corrected chi connectivity index (χ1v) is 6.24. The fraction of sp³-hybridized carbons (Fsp3) is 0.267. The summed E-state index contributed by atoms with van der Waals surface area (Å²) < 4.78 is 43.8. The topological polar surface area (TPSA) is 42.4 Å². The molecule has 0 saturated carbocycles. The van der Waals surface area contributed by atoms with Crippen molar-refractivity contribution in [2.24, 2.45) is 0 Å². The minimum Gasteiger partial charge on any atom is -0.497 e. The fourth-order valence-corrected chi connectivity index (χ4v) is 2.06. The number of methoxy groups -OCH3 is 1. The Morgan fingerprint density at radius 3 is 2.71 bits per heavy atom. The average Bonchev–Trinajstić information content (AvgIpc) is 2.46. The molecule has 1 aromatic heterocycles. The van der Waals surface area contributed by atoms with Crippen LogP contribution in [0.3, 0.4) is 0 Å². The number of alkyl halides is 3. The Morgan fingerprint density at radius 2 is 2.05 bits per heavy atom. The van der Waals surface area contributed by atoms with Crippen molar-refractivity contribution in [3.8, 4) is 5.75 Å². The molecule has 0 aliphatic heterocycles. The van der Waals surface area contributed by atoms with Crippen LogP contribution in [-0.2, 0) is 12.6 Å². The molecule has 21 heavy (non-hydrogen) atoms. The minimum absolute atomic E-state index is 0.0476. The summed E-state index contributed by atoms with van der Waals surface area (Å²) in [4.78, 5) is 3.67. The molecule has 1 heterocycles. The summed E-state index contributed by atoms with van der Waals surface area (Å²) in [6, 6.07) is 7.70. The second kappa shape index (κ2) is 6.13. The van der Waals surface area contributed by atoms with Gasteiger partial charge in [-0.15, -0.1) is 0 Å². The molecule has 1 unspecified atom stereocenters. The van der Waals surface area contributed by atoms with Crippen LogP contribution in [-0.4, -0.2) is 17.2 Å². The molecule has 2 rings (SSSR count). The van der Waals surface area contributed by atoms with Gasteiger partial charge in [-0.1, -0.05) is 12.1 Å². The first-order chi connectivity index (χ1) is 9.91. The summed E-state index contributed by atoms with van der Waals surface area (Å²) in [5.41, 5.74) is -0.417. The molecule has 0 bridgehead atoms. The van der Waals surface area contributed by atoms with Gasteiger partial charge in [-0.3, -0.25) is 4.98 Å². The van der Waals surface area contributed by atoms with E-state index in [-0.39, 0.29) is 12.0 Å². The standard InChI is InChI=1S/C15H14F3NO2/c1-21-11-4-2-3-10(7-11)8-14(20)12-9-19-6-5-13(12)15(16,17)18/h2-7,9,14,20H,8H2,1H3. The summed E-state index contributed by atoms with van der Waals surface area (Å²) in [7, 11) is 1.50. The highest BCUT2D eigenvalue weighted by Crippen LogP contribution is 2.35. The summed E-state index contributed by atoms with van der Waals surface area (Å²) >= 11 is 0. The lowest BCUT2D eigenvalue weighted by Gasteiger charge is -2.17. The molecule has 0 fully saturated rings. The Labute approximate surface area is 120 Å². The number of rotatable bonds is 4. The molecule has 2 aromatic rings. The van der Waals surface area contributed by atoms with E-state index in [0.717, 1.165) is 18.5 Å². The predicted octanol–water partition coefficient (Wildman–Crippen LogP) is 3.39. The molecule has 1 atom stereocenters. The number of ether oxygens (including phenoxy) is 1. The van der Waals surface area contributed by atoms with Gasteiger partial charge in [-0.2, -0.15) is 13.2 Å². The summed E-state index contributed by atoms with van der Waals surface area (Å²) in [5.74, 6) is 0.585. The highest BCUT2D eigenvalue weighted by Gasteiger charge is 2.34. The number of hydrogen-bond donors (Lipinski definition) is 1. The van der Waals surface area contributed by atoms with E-state index in [4.69, 9.17) is 4.74 Å². The molecule has 0 radical (unpaired) electrons. The van der Waals surface area contributed by atoms with Crippen molar-refractivity contribution in [1.29, 1.82) is 0 Å². The van der Waals surface area contributed by atoms with Gasteiger partial charge in [-0.25, -0.2) is 0 Å². The maximum absolute atomic E-state index is 12.9. The lowest BCUT2D eigenvalue weighted by Crippen LogP contribution is -2.13. The lowest BCUT2D eigenvalue weighted by atomic mass is 9.98. The zero-order chi connectivity index (χ0) is 15.5. The molecule has 0 aliphatic rings. The van der Waals surface area contributed by atoms with E-state index < -0.39 is 17.8 Å². The van der Waals surface area contributed by atoms with Crippen LogP contribution in [0.1, 0.15) is 22.8 Å². The van der Waals surface area contributed by atoms with Crippen molar-refractivity contribution in [2.45, 2.75) is 18.7 Å². The van der Waals surface area contributed by atoms with Crippen molar-refractivity contribution in [3.63, 3.8) is 0 Å². The van der Waals surface area contributed by atoms with Gasteiger partial charge in [0, 0.05) is 24.4 Å². The van der Waals surface area contributed by atoms with Gasteiger partial charge in [0.1, 0.15) is 5.75 Å². The number of hydrogen-bond acceptors (Lipinski definition) is 3. The van der Waals surface area contributed by atoms with E-state index >= 15 is 0 Å². The number of nitrogens with zero attached hydrogens (tertiary/aromatic N) is 1. The number of pyridine rings is 1. The number of aliphatic hydroxyl groups is 1. The van der Waals surface area contributed by atoms with Crippen LogP contribution >= 0.6 is 0 Å². The third kappa shape index (κ3) is 3.72. The van der Waals surface area contributed by atoms with Crippen LogP contribution in [0.2, 0.25) is 0 Å². The van der Waals surface area contributed by atoms with Gasteiger partial charge in [0.25, 0.3) is 0 Å². The van der Waals surface area contributed by atoms with E-state index in [9.17, 15) is 18.3 Å². The second-order valence-electron chi connectivity index (χ2n) is 4.53. The third-order valence-corrected chi connectivity index (χ3v) is 3.08. The van der Waals surface area contributed by atoms with Gasteiger partial charge in [0.05, 0.1) is 18.8 Å². The minimum atomic E-state index is -4.52. The Bertz CT molecular complexity index is 614. The van der Waals surface area contributed by atoms with E-state index in [1.165, 1.54) is 7.11 Å². The molecule has 3 nitrogen and oxygen atoms in total. The van der Waals surface area contributed by atoms with Crippen LogP contribution in [0.25, 0.3) is 0 Å². The van der Waals surface area contributed by atoms with Gasteiger partial charge in [-0.05, 0) is 23.8 Å².